The van der Waals surface area contributed by atoms with E-state index in [1.807, 2.05) is 48.9 Å². The van der Waals surface area contributed by atoms with Gasteiger partial charge in [-0.15, -0.1) is 0 Å². The molecule has 1 saturated heterocycles. The number of aliphatic hydroxyl groups excluding tert-OH is 1. The van der Waals surface area contributed by atoms with Gasteiger partial charge in [-0.3, -0.25) is 9.59 Å². The molecule has 1 aliphatic heterocycles. The van der Waals surface area contributed by atoms with Crippen LogP contribution in [0.25, 0.3) is 5.76 Å². The van der Waals surface area contributed by atoms with E-state index in [1.54, 1.807) is 41.7 Å². The fourth-order valence-electron chi connectivity index (χ4n) is 4.06. The summed E-state index contributed by atoms with van der Waals surface area (Å²) in [6.07, 6.45) is 5.92. The molecular formula is C26H26BrN3O4. The number of ether oxygens (including phenoxy) is 1. The Hall–Kier alpha value is -3.39. The average Bonchev–Trinajstić information content (AvgIpc) is 3.42. The minimum Gasteiger partial charge on any atom is -0.507 e. The number of carbonyl (C=O) groups excluding carboxylic acids is 2. The number of hydrogen-bond donors (Lipinski definition) is 1. The summed E-state index contributed by atoms with van der Waals surface area (Å²) in [5.41, 5.74) is 1.30. The van der Waals surface area contributed by atoms with Crippen LogP contribution < -0.4 is 4.74 Å². The van der Waals surface area contributed by atoms with E-state index in [-0.39, 0.29) is 17.4 Å². The van der Waals surface area contributed by atoms with Gasteiger partial charge in [-0.1, -0.05) is 40.2 Å². The molecule has 2 heterocycles. The maximum atomic E-state index is 13.1. The quantitative estimate of drug-likeness (QED) is 0.256. The predicted octanol–water partition coefficient (Wildman–Crippen LogP) is 4.94. The van der Waals surface area contributed by atoms with Crippen molar-refractivity contribution in [3.63, 3.8) is 0 Å². The van der Waals surface area contributed by atoms with Crippen molar-refractivity contribution in [1.29, 1.82) is 0 Å². The molecule has 0 bridgehead atoms. The standard InChI is InChI=1S/C26H26BrN3O4/c1-17(2)34-21-10-6-18(7-11-21)23-22(24(31)19-4-8-20(27)9-5-19)25(32)26(33)30(23)14-3-13-29-15-12-28-16-29/h4-12,15-17,23,31H,3,13-14H2,1-2H3/b24-22+/t23-/m1/s1. The molecule has 1 atom stereocenters. The van der Waals surface area contributed by atoms with Gasteiger partial charge in [0.15, 0.2) is 0 Å². The first-order chi connectivity index (χ1) is 16.3. The Kier molecular flexibility index (Phi) is 7.17. The fourth-order valence-corrected chi connectivity index (χ4v) is 4.33. The summed E-state index contributed by atoms with van der Waals surface area (Å²) in [6, 6.07) is 13.6. The van der Waals surface area contributed by atoms with Gasteiger partial charge in [-0.2, -0.15) is 0 Å². The summed E-state index contributed by atoms with van der Waals surface area (Å²) >= 11 is 3.38. The van der Waals surface area contributed by atoms with Crippen molar-refractivity contribution >= 4 is 33.4 Å². The van der Waals surface area contributed by atoms with Gasteiger partial charge in [-0.05, 0) is 50.1 Å². The Balaban J connectivity index is 1.71. The molecule has 8 heteroatoms. The van der Waals surface area contributed by atoms with Crippen molar-refractivity contribution in [2.24, 2.45) is 0 Å². The van der Waals surface area contributed by atoms with E-state index in [0.29, 0.717) is 30.8 Å². The van der Waals surface area contributed by atoms with Crippen LogP contribution in [0.3, 0.4) is 0 Å². The number of imidazole rings is 1. The third-order valence-corrected chi connectivity index (χ3v) is 6.13. The number of rotatable bonds is 8. The minimum absolute atomic E-state index is 0.0251. The van der Waals surface area contributed by atoms with Crippen molar-refractivity contribution < 1.29 is 19.4 Å². The molecular weight excluding hydrogens is 498 g/mol. The lowest BCUT2D eigenvalue weighted by Crippen LogP contribution is -2.31. The third kappa shape index (κ3) is 5.07. The molecule has 2 aromatic carbocycles. The Morgan fingerprint density at radius 1 is 1.09 bits per heavy atom. The Bertz CT molecular complexity index is 1190. The number of ketones is 1. The number of hydrogen-bond acceptors (Lipinski definition) is 5. The van der Waals surface area contributed by atoms with Gasteiger partial charge >= 0.3 is 0 Å². The number of Topliss-reactive ketones (excluding diaryl/α,β-unsaturated/α-hetero) is 1. The molecule has 1 N–H and O–H groups in total. The first-order valence-corrected chi connectivity index (χ1v) is 11.9. The van der Waals surface area contributed by atoms with Crippen molar-refractivity contribution in [3.8, 4) is 5.75 Å². The van der Waals surface area contributed by atoms with Crippen LogP contribution in [0.2, 0.25) is 0 Å². The smallest absolute Gasteiger partial charge is 0.295 e. The van der Waals surface area contributed by atoms with Crippen molar-refractivity contribution in [2.75, 3.05) is 6.54 Å². The lowest BCUT2D eigenvalue weighted by molar-refractivity contribution is -0.139. The molecule has 0 spiro atoms. The second-order valence-corrected chi connectivity index (χ2v) is 9.30. The molecule has 7 nitrogen and oxygen atoms in total. The molecule has 4 rings (SSSR count). The second kappa shape index (κ2) is 10.3. The predicted molar refractivity (Wildman–Crippen MR) is 132 cm³/mol. The number of amides is 1. The number of halogens is 1. The summed E-state index contributed by atoms with van der Waals surface area (Å²) in [5, 5.41) is 11.1. The number of benzene rings is 2. The number of nitrogens with zero attached hydrogens (tertiary/aromatic N) is 3. The summed E-state index contributed by atoms with van der Waals surface area (Å²) in [4.78, 5) is 31.8. The maximum absolute atomic E-state index is 13.1. The van der Waals surface area contributed by atoms with E-state index in [1.165, 1.54) is 0 Å². The molecule has 0 radical (unpaired) electrons. The van der Waals surface area contributed by atoms with Crippen LogP contribution in [-0.2, 0) is 16.1 Å². The molecule has 0 unspecified atom stereocenters. The van der Waals surface area contributed by atoms with Crippen LogP contribution in [0.15, 0.2) is 77.3 Å². The van der Waals surface area contributed by atoms with Gasteiger partial charge < -0.3 is 19.3 Å². The van der Waals surface area contributed by atoms with E-state index < -0.39 is 17.7 Å². The van der Waals surface area contributed by atoms with Crippen LogP contribution in [0.5, 0.6) is 5.75 Å². The summed E-state index contributed by atoms with van der Waals surface area (Å²) in [7, 11) is 0. The molecule has 1 fully saturated rings. The maximum Gasteiger partial charge on any atom is 0.295 e. The highest BCUT2D eigenvalue weighted by molar-refractivity contribution is 9.10. The Morgan fingerprint density at radius 2 is 1.79 bits per heavy atom. The molecule has 1 amide bonds. The lowest BCUT2D eigenvalue weighted by Gasteiger charge is -2.25. The minimum atomic E-state index is -0.695. The first-order valence-electron chi connectivity index (χ1n) is 11.1. The van der Waals surface area contributed by atoms with E-state index in [2.05, 4.69) is 20.9 Å². The van der Waals surface area contributed by atoms with Gasteiger partial charge in [0, 0.05) is 35.5 Å². The molecule has 3 aromatic rings. The Labute approximate surface area is 206 Å². The van der Waals surface area contributed by atoms with Crippen LogP contribution in [0.1, 0.15) is 37.4 Å². The normalized spacial score (nSPS) is 17.5. The zero-order valence-corrected chi connectivity index (χ0v) is 20.6. The largest absolute Gasteiger partial charge is 0.507 e. The van der Waals surface area contributed by atoms with Crippen LogP contribution >= 0.6 is 15.9 Å². The van der Waals surface area contributed by atoms with Gasteiger partial charge in [-0.25, -0.2) is 4.98 Å². The zero-order chi connectivity index (χ0) is 24.2. The second-order valence-electron chi connectivity index (χ2n) is 8.39. The molecule has 0 saturated carbocycles. The first kappa shape index (κ1) is 23.8. The highest BCUT2D eigenvalue weighted by Crippen LogP contribution is 2.40. The molecule has 0 aliphatic carbocycles. The molecule has 176 valence electrons. The highest BCUT2D eigenvalue weighted by atomic mass is 79.9. The van der Waals surface area contributed by atoms with Crippen LogP contribution in [0, 0.1) is 0 Å². The molecule has 1 aromatic heterocycles. The zero-order valence-electron chi connectivity index (χ0n) is 19.0. The van der Waals surface area contributed by atoms with Gasteiger partial charge in [0.25, 0.3) is 11.7 Å². The van der Waals surface area contributed by atoms with Gasteiger partial charge in [0.1, 0.15) is 11.5 Å². The van der Waals surface area contributed by atoms with Crippen molar-refractivity contribution in [3.05, 3.63) is 88.4 Å². The third-order valence-electron chi connectivity index (χ3n) is 5.60. The van der Waals surface area contributed by atoms with Gasteiger partial charge in [0.05, 0.1) is 24.0 Å². The monoisotopic (exact) mass is 523 g/mol. The summed E-state index contributed by atoms with van der Waals surface area (Å²) in [6.45, 7) is 4.90. The number of aryl methyl sites for hydroxylation is 1. The topological polar surface area (TPSA) is 84.7 Å². The number of carbonyl (C=O) groups is 2. The highest BCUT2D eigenvalue weighted by Gasteiger charge is 2.45. The fraction of sp³-hybridized carbons (Fsp3) is 0.269. The van der Waals surface area contributed by atoms with Crippen molar-refractivity contribution in [2.45, 2.75) is 39.0 Å². The number of aliphatic hydroxyl groups is 1. The number of aromatic nitrogens is 2. The van der Waals surface area contributed by atoms with Crippen molar-refractivity contribution in [1.82, 2.24) is 14.5 Å². The summed E-state index contributed by atoms with van der Waals surface area (Å²) < 4.78 is 8.51. The van der Waals surface area contributed by atoms with E-state index in [4.69, 9.17) is 4.74 Å². The average molecular weight is 524 g/mol. The molecule has 34 heavy (non-hydrogen) atoms. The van der Waals surface area contributed by atoms with E-state index in [0.717, 1.165) is 10.0 Å². The lowest BCUT2D eigenvalue weighted by atomic mass is 9.95. The van der Waals surface area contributed by atoms with E-state index in [9.17, 15) is 14.7 Å². The van der Waals surface area contributed by atoms with E-state index >= 15 is 0 Å². The van der Waals surface area contributed by atoms with Crippen LogP contribution in [-0.4, -0.2) is 43.9 Å². The summed E-state index contributed by atoms with van der Waals surface area (Å²) in [5.74, 6) is -0.786. The molecule has 1 aliphatic rings. The number of likely N-dealkylation sites (tertiary alicyclic amines) is 1. The van der Waals surface area contributed by atoms with Crippen LogP contribution in [0.4, 0.5) is 0 Å². The SMILES string of the molecule is CC(C)Oc1ccc([C@@H]2/C(=C(\O)c3ccc(Br)cc3)C(=O)C(=O)N2CCCn2ccnc2)cc1. The Morgan fingerprint density at radius 3 is 2.41 bits per heavy atom. The van der Waals surface area contributed by atoms with Gasteiger partial charge in [0.2, 0.25) is 0 Å².